The Kier molecular flexibility index (Phi) is 6.88. The summed E-state index contributed by atoms with van der Waals surface area (Å²) in [4.78, 5) is 32.9. The van der Waals surface area contributed by atoms with Crippen LogP contribution in [0.5, 0.6) is 0 Å². The van der Waals surface area contributed by atoms with Gasteiger partial charge in [-0.1, -0.05) is 25.7 Å². The Hall–Kier alpha value is -1.63. The third-order valence-electron chi connectivity index (χ3n) is 2.90. The predicted octanol–water partition coefficient (Wildman–Crippen LogP) is 0.636. The molecule has 0 aromatic heterocycles. The van der Waals surface area contributed by atoms with E-state index in [4.69, 9.17) is 5.11 Å². The van der Waals surface area contributed by atoms with Crippen molar-refractivity contribution in [2.45, 2.75) is 44.6 Å². The monoisotopic (exact) mass is 272 g/mol. The average Bonchev–Trinajstić information content (AvgIpc) is 2.56. The number of urea groups is 1. The first-order chi connectivity index (χ1) is 9.08. The number of ether oxygens (including phenoxy) is 1. The van der Waals surface area contributed by atoms with E-state index >= 15 is 0 Å². The molecule has 1 fully saturated rings. The van der Waals surface area contributed by atoms with Gasteiger partial charge in [0, 0.05) is 6.04 Å². The van der Waals surface area contributed by atoms with Gasteiger partial charge in [-0.25, -0.2) is 9.59 Å². The first kappa shape index (κ1) is 15.4. The van der Waals surface area contributed by atoms with Gasteiger partial charge in [-0.05, 0) is 12.8 Å². The maximum atomic E-state index is 11.5. The largest absolute Gasteiger partial charge is 0.480 e. The molecule has 0 aromatic rings. The third kappa shape index (κ3) is 7.40. The topological polar surface area (TPSA) is 105 Å². The number of rotatable bonds is 5. The third-order valence-corrected chi connectivity index (χ3v) is 2.90. The van der Waals surface area contributed by atoms with Crippen molar-refractivity contribution in [3.63, 3.8) is 0 Å². The van der Waals surface area contributed by atoms with Crippen LogP contribution in [0.4, 0.5) is 4.79 Å². The fourth-order valence-electron chi connectivity index (χ4n) is 2.04. The molecule has 19 heavy (non-hydrogen) atoms. The first-order valence-electron chi connectivity index (χ1n) is 6.48. The molecule has 0 atom stereocenters. The molecular weight excluding hydrogens is 252 g/mol. The summed E-state index contributed by atoms with van der Waals surface area (Å²) in [5.41, 5.74) is 0. The fraction of sp³-hybridized carbons (Fsp3) is 0.750. The zero-order chi connectivity index (χ0) is 14.1. The van der Waals surface area contributed by atoms with Crippen LogP contribution in [0.15, 0.2) is 0 Å². The minimum atomic E-state index is -1.16. The van der Waals surface area contributed by atoms with Gasteiger partial charge in [0.25, 0.3) is 5.91 Å². The summed E-state index contributed by atoms with van der Waals surface area (Å²) in [6, 6.07) is -0.439. The van der Waals surface area contributed by atoms with Crippen molar-refractivity contribution in [3.05, 3.63) is 0 Å². The lowest BCUT2D eigenvalue weighted by atomic mass is 10.1. The summed E-state index contributed by atoms with van der Waals surface area (Å²) < 4.78 is 4.58. The van der Waals surface area contributed by atoms with Crippen molar-refractivity contribution in [3.8, 4) is 0 Å². The number of carbonyl (C=O) groups is 3. The lowest BCUT2D eigenvalue weighted by molar-refractivity contribution is -0.143. The number of amides is 3. The predicted molar refractivity (Wildman–Crippen MR) is 66.6 cm³/mol. The van der Waals surface area contributed by atoms with Gasteiger partial charge in [0.15, 0.2) is 0 Å². The smallest absolute Gasteiger partial charge is 0.329 e. The van der Waals surface area contributed by atoms with Crippen LogP contribution in [0, 0.1) is 0 Å². The second-order valence-corrected chi connectivity index (χ2v) is 4.60. The number of aliphatic carboxylic acids is 1. The number of carboxylic acids is 1. The van der Waals surface area contributed by atoms with Gasteiger partial charge in [-0.15, -0.1) is 0 Å². The number of hydrogen-bond donors (Lipinski definition) is 3. The summed E-state index contributed by atoms with van der Waals surface area (Å²) in [7, 11) is 0. The van der Waals surface area contributed by atoms with E-state index in [-0.39, 0.29) is 6.04 Å². The minimum Gasteiger partial charge on any atom is -0.480 e. The number of hydrogen-bond acceptors (Lipinski definition) is 4. The van der Waals surface area contributed by atoms with Crippen molar-refractivity contribution >= 4 is 17.9 Å². The maximum absolute atomic E-state index is 11.5. The van der Waals surface area contributed by atoms with E-state index in [1.165, 1.54) is 12.8 Å². The molecule has 1 aliphatic rings. The molecule has 3 N–H and O–H groups in total. The van der Waals surface area contributed by atoms with E-state index in [0.717, 1.165) is 25.7 Å². The number of imide groups is 1. The van der Waals surface area contributed by atoms with E-state index in [0.29, 0.717) is 0 Å². The molecule has 1 aliphatic carbocycles. The van der Waals surface area contributed by atoms with Crippen molar-refractivity contribution in [1.29, 1.82) is 0 Å². The highest BCUT2D eigenvalue weighted by molar-refractivity contribution is 5.95. The van der Waals surface area contributed by atoms with Gasteiger partial charge in [0.2, 0.25) is 0 Å². The zero-order valence-corrected chi connectivity index (χ0v) is 10.8. The molecular formula is C12H20N2O5. The molecule has 0 saturated heterocycles. The van der Waals surface area contributed by atoms with Crippen LogP contribution >= 0.6 is 0 Å². The Balaban J connectivity index is 2.18. The lowest BCUT2D eigenvalue weighted by Gasteiger charge is -2.16. The SMILES string of the molecule is O=C(O)COCC(=O)NC(=O)NC1CCCCCC1. The van der Waals surface area contributed by atoms with E-state index in [1.54, 1.807) is 0 Å². The molecule has 0 unspecified atom stereocenters. The van der Waals surface area contributed by atoms with Crippen LogP contribution in [0.2, 0.25) is 0 Å². The normalized spacial score (nSPS) is 16.4. The highest BCUT2D eigenvalue weighted by Gasteiger charge is 2.16. The van der Waals surface area contributed by atoms with Crippen LogP contribution in [0.25, 0.3) is 0 Å². The molecule has 0 spiro atoms. The van der Waals surface area contributed by atoms with E-state index in [1.807, 2.05) is 0 Å². The standard InChI is InChI=1S/C12H20N2O5/c15-10(7-19-8-11(16)17)14-12(18)13-9-5-3-1-2-4-6-9/h9H,1-8H2,(H,16,17)(H2,13,14,15,18). The van der Waals surface area contributed by atoms with Crippen LogP contribution in [0.3, 0.4) is 0 Å². The van der Waals surface area contributed by atoms with Crippen molar-refractivity contribution in [2.75, 3.05) is 13.2 Å². The van der Waals surface area contributed by atoms with Gasteiger partial charge in [0.05, 0.1) is 0 Å². The van der Waals surface area contributed by atoms with Crippen LogP contribution in [0.1, 0.15) is 38.5 Å². The van der Waals surface area contributed by atoms with E-state index in [2.05, 4.69) is 15.4 Å². The molecule has 0 bridgehead atoms. The van der Waals surface area contributed by atoms with Crippen molar-refractivity contribution in [1.82, 2.24) is 10.6 Å². The molecule has 0 radical (unpaired) electrons. The summed E-state index contributed by atoms with van der Waals surface area (Å²) in [6.07, 6.45) is 6.39. The van der Waals surface area contributed by atoms with Gasteiger partial charge in [-0.3, -0.25) is 10.1 Å². The zero-order valence-electron chi connectivity index (χ0n) is 10.8. The number of carboxylic acid groups (broad SMARTS) is 1. The van der Waals surface area contributed by atoms with Crippen molar-refractivity contribution in [2.24, 2.45) is 0 Å². The molecule has 0 aromatic carbocycles. The summed E-state index contributed by atoms with van der Waals surface area (Å²) in [5, 5.41) is 13.2. The highest BCUT2D eigenvalue weighted by Crippen LogP contribution is 2.16. The summed E-state index contributed by atoms with van der Waals surface area (Å²) in [6.45, 7) is -0.998. The molecule has 0 heterocycles. The highest BCUT2D eigenvalue weighted by atomic mass is 16.5. The summed E-state index contributed by atoms with van der Waals surface area (Å²) >= 11 is 0. The molecule has 0 aliphatic heterocycles. The van der Waals surface area contributed by atoms with Gasteiger partial charge in [0.1, 0.15) is 13.2 Å². The minimum absolute atomic E-state index is 0.107. The molecule has 108 valence electrons. The number of nitrogens with one attached hydrogen (secondary N) is 2. The quantitative estimate of drug-likeness (QED) is 0.637. The van der Waals surface area contributed by atoms with Gasteiger partial charge in [-0.2, -0.15) is 0 Å². The van der Waals surface area contributed by atoms with Gasteiger partial charge < -0.3 is 15.2 Å². The Labute approximate surface area is 111 Å². The number of carbonyl (C=O) groups excluding carboxylic acids is 2. The Bertz CT molecular complexity index is 324. The molecule has 1 saturated carbocycles. The lowest BCUT2D eigenvalue weighted by Crippen LogP contribution is -2.45. The van der Waals surface area contributed by atoms with Crippen LogP contribution in [-0.4, -0.2) is 42.3 Å². The maximum Gasteiger partial charge on any atom is 0.329 e. The Morgan fingerprint density at radius 3 is 2.26 bits per heavy atom. The van der Waals surface area contributed by atoms with E-state index in [9.17, 15) is 14.4 Å². The second kappa shape index (κ2) is 8.47. The Morgan fingerprint density at radius 2 is 1.68 bits per heavy atom. The Morgan fingerprint density at radius 1 is 1.05 bits per heavy atom. The first-order valence-corrected chi connectivity index (χ1v) is 6.48. The van der Waals surface area contributed by atoms with Crippen molar-refractivity contribution < 1.29 is 24.2 Å². The molecule has 3 amide bonds. The summed E-state index contributed by atoms with van der Waals surface area (Å²) in [5.74, 6) is -1.80. The second-order valence-electron chi connectivity index (χ2n) is 4.60. The van der Waals surface area contributed by atoms with Gasteiger partial charge >= 0.3 is 12.0 Å². The van der Waals surface area contributed by atoms with Crippen LogP contribution < -0.4 is 10.6 Å². The molecule has 1 rings (SSSR count). The van der Waals surface area contributed by atoms with Crippen LogP contribution in [-0.2, 0) is 14.3 Å². The van der Waals surface area contributed by atoms with E-state index < -0.39 is 31.1 Å². The average molecular weight is 272 g/mol. The molecule has 7 heteroatoms. The fourth-order valence-corrected chi connectivity index (χ4v) is 2.04. The molecule has 7 nitrogen and oxygen atoms in total.